The molecule has 0 amide bonds. The van der Waals surface area contributed by atoms with E-state index in [0.29, 0.717) is 12.5 Å². The quantitative estimate of drug-likeness (QED) is 0.773. The van der Waals surface area contributed by atoms with Crippen molar-refractivity contribution in [2.75, 3.05) is 6.61 Å². The third-order valence-corrected chi connectivity index (χ3v) is 6.37. The molecule has 0 spiro atoms. The number of carbonyl (C=O) groups is 1. The van der Waals surface area contributed by atoms with Gasteiger partial charge >= 0.3 is 5.97 Å². The minimum atomic E-state index is -0.100. The average molecular weight is 307 g/mol. The lowest BCUT2D eigenvalue weighted by Crippen LogP contribution is -2.15. The Labute approximate surface area is 131 Å². The molecule has 21 heavy (non-hydrogen) atoms. The molecule has 1 atom stereocenters. The first-order valence-corrected chi connectivity index (χ1v) is 9.20. The number of aryl methyl sites for hydroxylation is 1. The van der Waals surface area contributed by atoms with Crippen molar-refractivity contribution in [1.82, 2.24) is 4.98 Å². The maximum absolute atomic E-state index is 12.0. The van der Waals surface area contributed by atoms with E-state index in [2.05, 4.69) is 6.92 Å². The highest BCUT2D eigenvalue weighted by Crippen LogP contribution is 2.43. The van der Waals surface area contributed by atoms with Crippen LogP contribution < -0.4 is 0 Å². The summed E-state index contributed by atoms with van der Waals surface area (Å²) in [6.45, 7) is 4.63. The first kappa shape index (κ1) is 15.0. The van der Waals surface area contributed by atoms with Gasteiger partial charge in [-0.25, -0.2) is 4.98 Å². The smallest absolute Gasteiger partial charge is 0.315 e. The number of aromatic nitrogens is 1. The van der Waals surface area contributed by atoms with Gasteiger partial charge in [0.2, 0.25) is 0 Å². The Bertz CT molecular complexity index is 503. The van der Waals surface area contributed by atoms with Crippen LogP contribution in [0, 0.1) is 5.92 Å². The van der Waals surface area contributed by atoms with Crippen molar-refractivity contribution in [3.8, 4) is 0 Å². The van der Waals surface area contributed by atoms with Gasteiger partial charge in [-0.15, -0.1) is 11.3 Å². The predicted octanol–water partition coefficient (Wildman–Crippen LogP) is 4.42. The van der Waals surface area contributed by atoms with Crippen molar-refractivity contribution < 1.29 is 9.53 Å². The van der Waals surface area contributed by atoms with Crippen LogP contribution in [0.5, 0.6) is 0 Å². The SMILES string of the molecule is CCOC(=O)C1CCc2sc(C3CCC(CC)CC3)nc21. The highest BCUT2D eigenvalue weighted by molar-refractivity contribution is 7.11. The van der Waals surface area contributed by atoms with Gasteiger partial charge in [-0.05, 0) is 51.4 Å². The Hall–Kier alpha value is -0.900. The highest BCUT2D eigenvalue weighted by Gasteiger charge is 2.35. The summed E-state index contributed by atoms with van der Waals surface area (Å²) in [4.78, 5) is 18.2. The number of fused-ring (bicyclic) bond motifs is 1. The number of hydrogen-bond donors (Lipinski definition) is 0. The molecular formula is C17H25NO2S. The molecule has 3 nitrogen and oxygen atoms in total. The van der Waals surface area contributed by atoms with Gasteiger partial charge in [-0.1, -0.05) is 13.3 Å². The lowest BCUT2D eigenvalue weighted by molar-refractivity contribution is -0.145. The maximum Gasteiger partial charge on any atom is 0.315 e. The summed E-state index contributed by atoms with van der Waals surface area (Å²) in [5.41, 5.74) is 1.03. The summed E-state index contributed by atoms with van der Waals surface area (Å²) in [7, 11) is 0. The topological polar surface area (TPSA) is 39.2 Å². The highest BCUT2D eigenvalue weighted by atomic mass is 32.1. The van der Waals surface area contributed by atoms with Gasteiger partial charge in [0.25, 0.3) is 0 Å². The standard InChI is InChI=1S/C17H25NO2S/c1-3-11-5-7-12(8-6-11)16-18-15-13(17(19)20-4-2)9-10-14(15)21-16/h11-13H,3-10H2,1-2H3. The van der Waals surface area contributed by atoms with Gasteiger partial charge in [0.05, 0.1) is 17.3 Å². The molecule has 2 aliphatic rings. The van der Waals surface area contributed by atoms with E-state index in [1.54, 1.807) is 0 Å². The Morgan fingerprint density at radius 3 is 2.67 bits per heavy atom. The van der Waals surface area contributed by atoms with Gasteiger partial charge in [-0.2, -0.15) is 0 Å². The lowest BCUT2D eigenvalue weighted by atomic mass is 9.81. The molecule has 1 fully saturated rings. The summed E-state index contributed by atoms with van der Waals surface area (Å²) in [6.07, 6.45) is 8.42. The summed E-state index contributed by atoms with van der Waals surface area (Å²) in [5, 5.41) is 1.28. The van der Waals surface area contributed by atoms with Crippen molar-refractivity contribution in [3.05, 3.63) is 15.6 Å². The van der Waals surface area contributed by atoms with Crippen molar-refractivity contribution >= 4 is 17.3 Å². The number of carbonyl (C=O) groups excluding carboxylic acids is 1. The number of rotatable bonds is 4. The van der Waals surface area contributed by atoms with Crippen LogP contribution in [-0.2, 0) is 16.0 Å². The zero-order valence-electron chi connectivity index (χ0n) is 13.1. The molecule has 0 radical (unpaired) electrons. The van der Waals surface area contributed by atoms with E-state index >= 15 is 0 Å². The van der Waals surface area contributed by atoms with Gasteiger partial charge in [0.1, 0.15) is 5.92 Å². The van der Waals surface area contributed by atoms with Crippen LogP contribution in [-0.4, -0.2) is 17.6 Å². The minimum absolute atomic E-state index is 0.0807. The zero-order chi connectivity index (χ0) is 14.8. The minimum Gasteiger partial charge on any atom is -0.465 e. The van der Waals surface area contributed by atoms with Crippen molar-refractivity contribution in [2.24, 2.45) is 5.92 Å². The molecular weight excluding hydrogens is 282 g/mol. The fourth-order valence-electron chi connectivity index (χ4n) is 3.71. The van der Waals surface area contributed by atoms with Crippen LogP contribution in [0.25, 0.3) is 0 Å². The zero-order valence-corrected chi connectivity index (χ0v) is 13.9. The van der Waals surface area contributed by atoms with E-state index < -0.39 is 0 Å². The monoisotopic (exact) mass is 307 g/mol. The van der Waals surface area contributed by atoms with E-state index in [9.17, 15) is 4.79 Å². The Kier molecular flexibility index (Phi) is 4.63. The average Bonchev–Trinajstić information content (AvgIpc) is 3.07. The van der Waals surface area contributed by atoms with E-state index in [1.807, 2.05) is 18.3 Å². The van der Waals surface area contributed by atoms with E-state index in [1.165, 1.54) is 42.0 Å². The normalized spacial score (nSPS) is 28.4. The Morgan fingerprint density at radius 1 is 1.24 bits per heavy atom. The second kappa shape index (κ2) is 6.47. The lowest BCUT2D eigenvalue weighted by Gasteiger charge is -2.26. The number of nitrogens with zero attached hydrogens (tertiary/aromatic N) is 1. The van der Waals surface area contributed by atoms with Crippen molar-refractivity contribution in [2.45, 2.75) is 70.6 Å². The molecule has 3 rings (SSSR count). The Morgan fingerprint density at radius 2 is 2.00 bits per heavy atom. The van der Waals surface area contributed by atoms with E-state index in [4.69, 9.17) is 9.72 Å². The van der Waals surface area contributed by atoms with Gasteiger partial charge in [0, 0.05) is 10.8 Å². The van der Waals surface area contributed by atoms with Crippen LogP contribution in [0.2, 0.25) is 0 Å². The molecule has 1 saturated carbocycles. The van der Waals surface area contributed by atoms with Crippen LogP contribution in [0.4, 0.5) is 0 Å². The predicted molar refractivity (Wildman–Crippen MR) is 84.8 cm³/mol. The molecule has 0 aliphatic heterocycles. The van der Waals surface area contributed by atoms with Gasteiger partial charge in [0.15, 0.2) is 0 Å². The molecule has 2 aliphatic carbocycles. The molecule has 4 heteroatoms. The second-order valence-electron chi connectivity index (χ2n) is 6.33. The van der Waals surface area contributed by atoms with E-state index in [-0.39, 0.29) is 11.9 Å². The molecule has 0 saturated heterocycles. The fraction of sp³-hybridized carbons (Fsp3) is 0.765. The molecule has 0 N–H and O–H groups in total. The third-order valence-electron chi connectivity index (χ3n) is 5.08. The number of esters is 1. The second-order valence-corrected chi connectivity index (χ2v) is 7.44. The van der Waals surface area contributed by atoms with Crippen molar-refractivity contribution in [3.63, 3.8) is 0 Å². The maximum atomic E-state index is 12.0. The van der Waals surface area contributed by atoms with Crippen LogP contribution >= 0.6 is 11.3 Å². The third kappa shape index (κ3) is 3.01. The van der Waals surface area contributed by atoms with Gasteiger partial charge in [-0.3, -0.25) is 4.79 Å². The number of hydrogen-bond acceptors (Lipinski definition) is 4. The fourth-order valence-corrected chi connectivity index (χ4v) is 5.02. The van der Waals surface area contributed by atoms with Crippen LogP contribution in [0.1, 0.15) is 79.8 Å². The van der Waals surface area contributed by atoms with Crippen LogP contribution in [0.15, 0.2) is 0 Å². The van der Waals surface area contributed by atoms with Crippen LogP contribution in [0.3, 0.4) is 0 Å². The van der Waals surface area contributed by atoms with E-state index in [0.717, 1.165) is 24.5 Å². The summed E-state index contributed by atoms with van der Waals surface area (Å²) >= 11 is 1.86. The van der Waals surface area contributed by atoms with Crippen molar-refractivity contribution in [1.29, 1.82) is 0 Å². The Balaban J connectivity index is 1.70. The number of ether oxygens (including phenoxy) is 1. The summed E-state index contributed by atoms with van der Waals surface area (Å²) in [6, 6.07) is 0. The summed E-state index contributed by atoms with van der Waals surface area (Å²) < 4.78 is 5.19. The molecule has 1 aromatic rings. The number of thiazole rings is 1. The molecule has 0 aromatic carbocycles. The molecule has 1 aromatic heterocycles. The molecule has 1 unspecified atom stereocenters. The molecule has 116 valence electrons. The first-order chi connectivity index (χ1) is 10.2. The molecule has 1 heterocycles. The summed E-state index contributed by atoms with van der Waals surface area (Å²) in [5.74, 6) is 1.37. The largest absolute Gasteiger partial charge is 0.465 e. The first-order valence-electron chi connectivity index (χ1n) is 8.39. The molecule has 0 bridgehead atoms. The van der Waals surface area contributed by atoms with Gasteiger partial charge < -0.3 is 4.74 Å².